The molecule has 1 N–H and O–H groups in total. The van der Waals surface area contributed by atoms with E-state index in [4.69, 9.17) is 4.42 Å². The number of anilines is 1. The van der Waals surface area contributed by atoms with Gasteiger partial charge in [-0.2, -0.15) is 4.98 Å². The van der Waals surface area contributed by atoms with Crippen molar-refractivity contribution in [3.8, 4) is 16.3 Å². The topological polar surface area (TPSA) is 91.9 Å². The first-order chi connectivity index (χ1) is 13.8. The number of nitrogens with zero attached hydrogens (tertiary/aromatic N) is 4. The minimum absolute atomic E-state index is 0.0561. The number of piperidine rings is 1. The van der Waals surface area contributed by atoms with Crippen LogP contribution in [0, 0.1) is 0 Å². The second kappa shape index (κ2) is 6.24. The molecule has 2 aromatic heterocycles. The van der Waals surface area contributed by atoms with Crippen molar-refractivity contribution in [2.45, 2.75) is 24.9 Å². The molecule has 2 unspecified atom stereocenters. The van der Waals surface area contributed by atoms with Crippen LogP contribution in [-0.2, 0) is 0 Å². The quantitative estimate of drug-likeness (QED) is 0.681. The Morgan fingerprint density at radius 1 is 1.31 bits per heavy atom. The molecule has 8 nitrogen and oxygen atoms in total. The first kappa shape index (κ1) is 18.0. The zero-order valence-electron chi connectivity index (χ0n) is 14.6. The number of alkyl halides is 3. The van der Waals surface area contributed by atoms with E-state index in [1.165, 1.54) is 28.4 Å². The summed E-state index contributed by atoms with van der Waals surface area (Å²) >= 11 is 1.32. The molecule has 3 saturated heterocycles. The summed E-state index contributed by atoms with van der Waals surface area (Å²) in [4.78, 5) is 22.9. The summed E-state index contributed by atoms with van der Waals surface area (Å²) < 4.78 is 48.4. The van der Waals surface area contributed by atoms with E-state index in [1.54, 1.807) is 16.5 Å². The Morgan fingerprint density at radius 3 is 2.69 bits per heavy atom. The number of oxazole rings is 1. The number of amides is 1. The fourth-order valence-electron chi connectivity index (χ4n) is 3.92. The summed E-state index contributed by atoms with van der Waals surface area (Å²) in [5, 5.41) is 11.6. The van der Waals surface area contributed by atoms with Gasteiger partial charge in [0.05, 0.1) is 17.6 Å². The van der Waals surface area contributed by atoms with Crippen LogP contribution in [0.4, 0.5) is 24.0 Å². The highest BCUT2D eigenvalue weighted by Crippen LogP contribution is 2.41. The molecule has 1 amide bonds. The van der Waals surface area contributed by atoms with Crippen LogP contribution in [0.3, 0.4) is 0 Å². The van der Waals surface area contributed by atoms with Gasteiger partial charge in [-0.25, -0.2) is 9.78 Å². The lowest BCUT2D eigenvalue weighted by Gasteiger charge is -2.54. The lowest BCUT2D eigenvalue weighted by atomic mass is 9.88. The predicted molar refractivity (Wildman–Crippen MR) is 96.1 cm³/mol. The van der Waals surface area contributed by atoms with Crippen LogP contribution in [0.25, 0.3) is 21.7 Å². The van der Waals surface area contributed by atoms with E-state index >= 15 is 0 Å². The molecule has 2 atom stereocenters. The van der Waals surface area contributed by atoms with Crippen molar-refractivity contribution in [3.63, 3.8) is 0 Å². The summed E-state index contributed by atoms with van der Waals surface area (Å²) in [6, 6.07) is 2.40. The molecule has 0 spiro atoms. The van der Waals surface area contributed by atoms with Crippen molar-refractivity contribution in [1.29, 1.82) is 0 Å². The average molecular weight is 426 g/mol. The molecule has 12 heteroatoms. The van der Waals surface area contributed by atoms with E-state index in [0.717, 1.165) is 6.42 Å². The zero-order chi connectivity index (χ0) is 20.3. The summed E-state index contributed by atoms with van der Waals surface area (Å²) in [6.07, 6.45) is -3.52. The fraction of sp³-hybridized carbons (Fsp3) is 0.353. The highest BCUT2D eigenvalue weighted by molar-refractivity contribution is 7.13. The largest absolute Gasteiger partial charge is 0.573 e. The average Bonchev–Trinajstić information content (AvgIpc) is 3.30. The molecule has 3 fully saturated rings. The molecule has 3 aliphatic heterocycles. The molecule has 29 heavy (non-hydrogen) atoms. The maximum atomic E-state index is 12.8. The Labute approximate surface area is 165 Å². The number of carboxylic acid groups (broad SMARTS) is 1. The number of benzene rings is 1. The molecule has 0 radical (unpaired) electrons. The van der Waals surface area contributed by atoms with Crippen molar-refractivity contribution in [3.05, 3.63) is 23.7 Å². The first-order valence-electron chi connectivity index (χ1n) is 8.65. The van der Waals surface area contributed by atoms with E-state index in [-0.39, 0.29) is 29.2 Å². The number of rotatable bonds is 3. The van der Waals surface area contributed by atoms with Crippen molar-refractivity contribution in [1.82, 2.24) is 14.9 Å². The monoisotopic (exact) mass is 426 g/mol. The molecule has 0 aliphatic carbocycles. The van der Waals surface area contributed by atoms with Crippen LogP contribution in [-0.4, -0.2) is 57.6 Å². The Hall–Kier alpha value is -3.02. The van der Waals surface area contributed by atoms with Crippen LogP contribution in [0.15, 0.2) is 28.1 Å². The van der Waals surface area contributed by atoms with Gasteiger partial charge in [0.1, 0.15) is 5.01 Å². The van der Waals surface area contributed by atoms with Crippen molar-refractivity contribution >= 4 is 34.5 Å². The van der Waals surface area contributed by atoms with Gasteiger partial charge in [0, 0.05) is 24.7 Å². The fourth-order valence-corrected chi connectivity index (χ4v) is 4.58. The molecule has 6 rings (SSSR count). The minimum atomic E-state index is -4.87. The second-order valence-electron chi connectivity index (χ2n) is 6.81. The molecule has 152 valence electrons. The molecule has 2 bridgehead atoms. The molecular formula is C17H13F3N4O4S. The Kier molecular flexibility index (Phi) is 3.88. The highest BCUT2D eigenvalue weighted by Gasteiger charge is 2.48. The number of thiazole rings is 1. The lowest BCUT2D eigenvalue weighted by molar-refractivity contribution is -0.274. The summed E-state index contributed by atoms with van der Waals surface area (Å²) in [7, 11) is 0. The summed E-state index contributed by atoms with van der Waals surface area (Å²) in [5.41, 5.74) is 0.600. The van der Waals surface area contributed by atoms with Gasteiger partial charge in [-0.05, 0) is 18.6 Å². The molecular weight excluding hydrogens is 413 g/mol. The van der Waals surface area contributed by atoms with Crippen molar-refractivity contribution in [2.24, 2.45) is 0 Å². The normalized spacial score (nSPS) is 21.3. The third kappa shape index (κ3) is 3.03. The Morgan fingerprint density at radius 2 is 2.07 bits per heavy atom. The van der Waals surface area contributed by atoms with Gasteiger partial charge in [-0.3, -0.25) is 4.90 Å². The number of aromatic nitrogens is 2. The van der Waals surface area contributed by atoms with Gasteiger partial charge in [0.2, 0.25) is 0 Å². The molecule has 1 aromatic carbocycles. The smallest absolute Gasteiger partial charge is 0.465 e. The van der Waals surface area contributed by atoms with Crippen LogP contribution in [0.1, 0.15) is 6.42 Å². The number of hydrogen-bond donors (Lipinski definition) is 1. The van der Waals surface area contributed by atoms with E-state index in [9.17, 15) is 23.1 Å². The Bertz CT molecular complexity index is 1070. The maximum absolute atomic E-state index is 12.8. The van der Waals surface area contributed by atoms with Gasteiger partial charge in [0.15, 0.2) is 16.8 Å². The molecule has 0 saturated carbocycles. The van der Waals surface area contributed by atoms with Gasteiger partial charge in [0.25, 0.3) is 6.01 Å². The van der Waals surface area contributed by atoms with E-state index in [1.807, 2.05) is 0 Å². The Balaban J connectivity index is 1.55. The van der Waals surface area contributed by atoms with Crippen LogP contribution in [0.2, 0.25) is 0 Å². The number of carbonyl (C=O) groups is 1. The second-order valence-corrected chi connectivity index (χ2v) is 7.70. The van der Waals surface area contributed by atoms with Gasteiger partial charge >= 0.3 is 12.5 Å². The van der Waals surface area contributed by atoms with E-state index in [2.05, 4.69) is 14.7 Å². The van der Waals surface area contributed by atoms with Crippen LogP contribution in [0.5, 0.6) is 5.75 Å². The minimum Gasteiger partial charge on any atom is -0.465 e. The summed E-state index contributed by atoms with van der Waals surface area (Å²) in [6.45, 7) is 0.718. The van der Waals surface area contributed by atoms with Crippen molar-refractivity contribution in [2.75, 3.05) is 18.0 Å². The molecule has 3 aromatic rings. The lowest BCUT2D eigenvalue weighted by Crippen LogP contribution is -2.70. The number of halogens is 3. The third-order valence-electron chi connectivity index (χ3n) is 5.07. The zero-order valence-corrected chi connectivity index (χ0v) is 15.4. The number of ether oxygens (including phenoxy) is 1. The third-order valence-corrected chi connectivity index (χ3v) is 5.87. The molecule has 5 heterocycles. The number of fused-ring (bicyclic) bond motifs is 3. The van der Waals surface area contributed by atoms with E-state index in [0.29, 0.717) is 23.7 Å². The first-order valence-corrected chi connectivity index (χ1v) is 9.53. The van der Waals surface area contributed by atoms with Gasteiger partial charge < -0.3 is 19.2 Å². The summed E-state index contributed by atoms with van der Waals surface area (Å²) in [5.74, 6) is -0.461. The van der Waals surface area contributed by atoms with Crippen LogP contribution >= 0.6 is 11.3 Å². The standard InChI is InChI=1S/C17H13F3N4O4S/c18-17(19,20)28-11-2-1-10(14-21-3-4-29-14)13-12(11)22-15(27-13)23-6-8-5-9(7-23)24(8)16(25)26/h1-4,8-9H,5-7H2,(H,25,26). The number of piperazine rings is 1. The maximum Gasteiger partial charge on any atom is 0.573 e. The SMILES string of the molecule is O=C(O)N1C2CC1CN(c1nc3c(OC(F)(F)F)ccc(-c4nccs4)c3o1)C2. The highest BCUT2D eigenvalue weighted by atomic mass is 32.1. The van der Waals surface area contributed by atoms with E-state index < -0.39 is 18.2 Å². The van der Waals surface area contributed by atoms with Crippen LogP contribution < -0.4 is 9.64 Å². The van der Waals surface area contributed by atoms with Gasteiger partial charge in [-0.15, -0.1) is 24.5 Å². The van der Waals surface area contributed by atoms with Crippen molar-refractivity contribution < 1.29 is 32.2 Å². The molecule has 3 aliphatic rings. The predicted octanol–water partition coefficient (Wildman–Crippen LogP) is 3.79. The number of hydrogen-bond acceptors (Lipinski definition) is 7. The van der Waals surface area contributed by atoms with Gasteiger partial charge in [-0.1, -0.05) is 0 Å².